The lowest BCUT2D eigenvalue weighted by atomic mass is 10.2. The summed E-state index contributed by atoms with van der Waals surface area (Å²) in [5.41, 5.74) is 3.02. The van der Waals surface area contributed by atoms with Gasteiger partial charge in [-0.15, -0.1) is 0 Å². The number of aromatic nitrogens is 3. The topological polar surface area (TPSA) is 42.7 Å². The summed E-state index contributed by atoms with van der Waals surface area (Å²) in [5, 5.41) is 4.43. The number of nitrogens with zero attached hydrogens (tertiary/aromatic N) is 3. The maximum Gasteiger partial charge on any atom is 0.207 e. The summed E-state index contributed by atoms with van der Waals surface area (Å²) in [4.78, 5) is 8.72. The van der Waals surface area contributed by atoms with Crippen molar-refractivity contribution in [1.29, 1.82) is 0 Å². The van der Waals surface area contributed by atoms with Crippen molar-refractivity contribution in [2.75, 3.05) is 5.32 Å². The molecular weight excluding hydrogens is 224 g/mol. The van der Waals surface area contributed by atoms with Crippen LogP contribution in [0.2, 0.25) is 0 Å². The molecule has 0 spiro atoms. The molecule has 2 heterocycles. The van der Waals surface area contributed by atoms with Gasteiger partial charge in [-0.25, -0.2) is 4.98 Å². The minimum atomic E-state index is 0.843. The summed E-state index contributed by atoms with van der Waals surface area (Å²) in [6.45, 7) is 1.98. The number of anilines is 2. The van der Waals surface area contributed by atoms with E-state index in [-0.39, 0.29) is 0 Å². The maximum atomic E-state index is 4.42. The van der Waals surface area contributed by atoms with Gasteiger partial charge in [0.05, 0.1) is 11.2 Å². The normalized spacial score (nSPS) is 10.8. The smallest absolute Gasteiger partial charge is 0.207 e. The van der Waals surface area contributed by atoms with E-state index in [4.69, 9.17) is 0 Å². The Morgan fingerprint density at radius 2 is 2.11 bits per heavy atom. The molecule has 3 rings (SSSR count). The minimum absolute atomic E-state index is 0.843. The SMILES string of the molecule is Cc1cn(C)c(Nc2ccc3ncccc3c2)n1. The average Bonchev–Trinajstić information content (AvgIpc) is 2.68. The number of fused-ring (bicyclic) bond motifs is 1. The van der Waals surface area contributed by atoms with Crippen molar-refractivity contribution in [3.8, 4) is 0 Å². The summed E-state index contributed by atoms with van der Waals surface area (Å²) < 4.78 is 1.97. The molecule has 0 amide bonds. The third kappa shape index (κ3) is 1.93. The zero-order valence-corrected chi connectivity index (χ0v) is 10.4. The van der Waals surface area contributed by atoms with Crippen LogP contribution in [0.1, 0.15) is 5.69 Å². The average molecular weight is 238 g/mol. The number of rotatable bonds is 2. The predicted molar refractivity (Wildman–Crippen MR) is 73.0 cm³/mol. The van der Waals surface area contributed by atoms with Crippen LogP contribution in [0.25, 0.3) is 10.9 Å². The lowest BCUT2D eigenvalue weighted by molar-refractivity contribution is 0.924. The monoisotopic (exact) mass is 238 g/mol. The molecular formula is C14H14N4. The van der Waals surface area contributed by atoms with Gasteiger partial charge in [0.15, 0.2) is 0 Å². The first-order chi connectivity index (χ1) is 8.72. The van der Waals surface area contributed by atoms with E-state index in [2.05, 4.69) is 27.4 Å². The van der Waals surface area contributed by atoms with E-state index >= 15 is 0 Å². The molecule has 0 saturated carbocycles. The van der Waals surface area contributed by atoms with Crippen LogP contribution in [-0.4, -0.2) is 14.5 Å². The summed E-state index contributed by atoms with van der Waals surface area (Å²) in [6, 6.07) is 10.1. The van der Waals surface area contributed by atoms with Gasteiger partial charge in [-0.1, -0.05) is 6.07 Å². The fourth-order valence-electron chi connectivity index (χ4n) is 2.01. The van der Waals surface area contributed by atoms with Gasteiger partial charge < -0.3 is 9.88 Å². The molecule has 0 radical (unpaired) electrons. The Bertz CT molecular complexity index is 700. The summed E-state index contributed by atoms with van der Waals surface area (Å²) in [7, 11) is 1.98. The van der Waals surface area contributed by atoms with Gasteiger partial charge in [-0.05, 0) is 31.2 Å². The largest absolute Gasteiger partial charge is 0.326 e. The molecule has 1 aromatic carbocycles. The Morgan fingerprint density at radius 1 is 1.22 bits per heavy atom. The summed E-state index contributed by atoms with van der Waals surface area (Å²) in [6.07, 6.45) is 3.79. The van der Waals surface area contributed by atoms with Crippen LogP contribution in [0.15, 0.2) is 42.7 Å². The molecule has 90 valence electrons. The highest BCUT2D eigenvalue weighted by Crippen LogP contribution is 2.20. The van der Waals surface area contributed by atoms with Crippen LogP contribution < -0.4 is 5.32 Å². The van der Waals surface area contributed by atoms with E-state index in [0.717, 1.165) is 28.2 Å². The summed E-state index contributed by atoms with van der Waals surface area (Å²) in [5.74, 6) is 0.843. The highest BCUT2D eigenvalue weighted by molar-refractivity contribution is 5.82. The molecule has 0 unspecified atom stereocenters. The molecule has 0 fully saturated rings. The van der Waals surface area contributed by atoms with Crippen LogP contribution in [-0.2, 0) is 7.05 Å². The quantitative estimate of drug-likeness (QED) is 0.746. The van der Waals surface area contributed by atoms with Gasteiger partial charge in [0, 0.05) is 30.5 Å². The fraction of sp³-hybridized carbons (Fsp3) is 0.143. The molecule has 4 nitrogen and oxygen atoms in total. The number of nitrogens with one attached hydrogen (secondary N) is 1. The molecule has 0 bridgehead atoms. The van der Waals surface area contributed by atoms with Crippen molar-refractivity contribution < 1.29 is 0 Å². The lowest BCUT2D eigenvalue weighted by Crippen LogP contribution is -1.98. The van der Waals surface area contributed by atoms with E-state index in [1.807, 2.05) is 42.9 Å². The molecule has 0 atom stereocenters. The first-order valence-electron chi connectivity index (χ1n) is 5.84. The van der Waals surface area contributed by atoms with E-state index < -0.39 is 0 Å². The first-order valence-corrected chi connectivity index (χ1v) is 5.84. The zero-order chi connectivity index (χ0) is 12.5. The summed E-state index contributed by atoms with van der Waals surface area (Å²) >= 11 is 0. The number of benzene rings is 1. The third-order valence-corrected chi connectivity index (χ3v) is 2.86. The Labute approximate surface area is 105 Å². The van der Waals surface area contributed by atoms with Gasteiger partial charge in [-0.2, -0.15) is 0 Å². The zero-order valence-electron chi connectivity index (χ0n) is 10.4. The fourth-order valence-corrected chi connectivity index (χ4v) is 2.01. The van der Waals surface area contributed by atoms with Crippen LogP contribution in [0.4, 0.5) is 11.6 Å². The molecule has 1 N–H and O–H groups in total. The third-order valence-electron chi connectivity index (χ3n) is 2.86. The molecule has 3 aromatic rings. The van der Waals surface area contributed by atoms with E-state index in [1.54, 1.807) is 6.20 Å². The molecule has 0 aliphatic heterocycles. The molecule has 0 aliphatic carbocycles. The van der Waals surface area contributed by atoms with Crippen molar-refractivity contribution in [2.24, 2.45) is 7.05 Å². The first kappa shape index (κ1) is 10.8. The Kier molecular flexibility index (Phi) is 2.48. The van der Waals surface area contributed by atoms with Crippen LogP contribution in [0.5, 0.6) is 0 Å². The Hall–Kier alpha value is -2.36. The molecule has 0 aliphatic rings. The predicted octanol–water partition coefficient (Wildman–Crippen LogP) is 3.02. The van der Waals surface area contributed by atoms with Crippen molar-refractivity contribution in [2.45, 2.75) is 6.92 Å². The van der Waals surface area contributed by atoms with Crippen molar-refractivity contribution >= 4 is 22.5 Å². The van der Waals surface area contributed by atoms with Gasteiger partial charge in [0.1, 0.15) is 0 Å². The van der Waals surface area contributed by atoms with Gasteiger partial charge in [-0.3, -0.25) is 4.98 Å². The van der Waals surface area contributed by atoms with E-state index in [1.165, 1.54) is 0 Å². The van der Waals surface area contributed by atoms with Crippen LogP contribution in [0.3, 0.4) is 0 Å². The number of aryl methyl sites for hydroxylation is 2. The van der Waals surface area contributed by atoms with Crippen LogP contribution in [0, 0.1) is 6.92 Å². The van der Waals surface area contributed by atoms with Crippen molar-refractivity contribution in [3.05, 3.63) is 48.4 Å². The maximum absolute atomic E-state index is 4.42. The Balaban J connectivity index is 1.97. The second kappa shape index (κ2) is 4.14. The highest BCUT2D eigenvalue weighted by Gasteiger charge is 2.03. The molecule has 18 heavy (non-hydrogen) atoms. The van der Waals surface area contributed by atoms with Gasteiger partial charge in [0.2, 0.25) is 5.95 Å². The molecule has 0 saturated heterocycles. The molecule has 4 heteroatoms. The number of pyridine rings is 1. The van der Waals surface area contributed by atoms with Gasteiger partial charge >= 0.3 is 0 Å². The highest BCUT2D eigenvalue weighted by atomic mass is 15.2. The Morgan fingerprint density at radius 3 is 2.89 bits per heavy atom. The molecule has 2 aromatic heterocycles. The number of hydrogen-bond acceptors (Lipinski definition) is 3. The minimum Gasteiger partial charge on any atom is -0.326 e. The second-order valence-corrected chi connectivity index (χ2v) is 4.35. The van der Waals surface area contributed by atoms with Crippen LogP contribution >= 0.6 is 0 Å². The van der Waals surface area contributed by atoms with Crippen molar-refractivity contribution in [1.82, 2.24) is 14.5 Å². The van der Waals surface area contributed by atoms with Crippen molar-refractivity contribution in [3.63, 3.8) is 0 Å². The van der Waals surface area contributed by atoms with E-state index in [0.29, 0.717) is 0 Å². The van der Waals surface area contributed by atoms with Gasteiger partial charge in [0.25, 0.3) is 0 Å². The second-order valence-electron chi connectivity index (χ2n) is 4.35. The number of hydrogen-bond donors (Lipinski definition) is 1. The lowest BCUT2D eigenvalue weighted by Gasteiger charge is -2.06. The standard InChI is InChI=1S/C14H14N4/c1-10-9-18(2)14(16-10)17-12-5-6-13-11(8-12)4-3-7-15-13/h3-9H,1-2H3,(H,16,17). The number of imidazole rings is 1. The van der Waals surface area contributed by atoms with E-state index in [9.17, 15) is 0 Å².